The van der Waals surface area contributed by atoms with Crippen molar-refractivity contribution >= 4 is 41.5 Å². The second-order valence-electron chi connectivity index (χ2n) is 6.50. The first-order valence-electron chi connectivity index (χ1n) is 9.44. The van der Waals surface area contributed by atoms with Crippen molar-refractivity contribution in [2.24, 2.45) is 4.99 Å². The normalized spacial score (nSPS) is 18.9. The van der Waals surface area contributed by atoms with Gasteiger partial charge in [0.05, 0.1) is 19.2 Å². The van der Waals surface area contributed by atoms with Gasteiger partial charge in [-0.3, -0.25) is 9.79 Å². The van der Waals surface area contributed by atoms with Gasteiger partial charge in [0.1, 0.15) is 12.4 Å². The Labute approximate surface area is 177 Å². The number of rotatable bonds is 7. The minimum Gasteiger partial charge on any atom is -0.492 e. The first-order chi connectivity index (χ1) is 12.7. The molecule has 2 heterocycles. The smallest absolute Gasteiger partial charge is 0.224 e. The second kappa shape index (κ2) is 11.3. The van der Waals surface area contributed by atoms with E-state index in [1.165, 1.54) is 0 Å². The second-order valence-corrected chi connectivity index (χ2v) is 6.50. The Hall–Kier alpha value is -1.55. The zero-order chi connectivity index (χ0) is 18.2. The maximum Gasteiger partial charge on any atom is 0.224 e. The molecule has 1 saturated heterocycles. The minimum atomic E-state index is 0. The van der Waals surface area contributed by atoms with Gasteiger partial charge in [-0.2, -0.15) is 0 Å². The van der Waals surface area contributed by atoms with E-state index in [0.29, 0.717) is 26.1 Å². The van der Waals surface area contributed by atoms with Crippen molar-refractivity contribution in [3.05, 3.63) is 23.8 Å². The SMILES string of the molecule is CCNC(=NCC1CCCO1)NCCOc1ccc2c(c1)CCC(=O)N2.I. The molecule has 3 rings (SSSR count). The maximum absolute atomic E-state index is 11.4. The molecule has 150 valence electrons. The van der Waals surface area contributed by atoms with Crippen molar-refractivity contribution in [3.8, 4) is 5.75 Å². The van der Waals surface area contributed by atoms with Gasteiger partial charge in [0.2, 0.25) is 5.91 Å². The summed E-state index contributed by atoms with van der Waals surface area (Å²) in [5.74, 6) is 1.69. The molecule has 0 aromatic heterocycles. The topological polar surface area (TPSA) is 84.0 Å². The third-order valence-corrected chi connectivity index (χ3v) is 4.46. The highest BCUT2D eigenvalue weighted by atomic mass is 127. The van der Waals surface area contributed by atoms with Gasteiger partial charge in [0, 0.05) is 25.3 Å². The van der Waals surface area contributed by atoms with Crippen LogP contribution in [0.2, 0.25) is 0 Å². The highest BCUT2D eigenvalue weighted by Crippen LogP contribution is 2.26. The van der Waals surface area contributed by atoms with Gasteiger partial charge in [-0.05, 0) is 49.9 Å². The summed E-state index contributed by atoms with van der Waals surface area (Å²) in [6, 6.07) is 5.80. The van der Waals surface area contributed by atoms with Gasteiger partial charge in [0.15, 0.2) is 5.96 Å². The van der Waals surface area contributed by atoms with Crippen LogP contribution in [0.3, 0.4) is 0 Å². The molecule has 1 aromatic carbocycles. The number of hydrogen-bond donors (Lipinski definition) is 3. The van der Waals surface area contributed by atoms with Crippen LogP contribution in [0.25, 0.3) is 0 Å². The highest BCUT2D eigenvalue weighted by molar-refractivity contribution is 14.0. The summed E-state index contributed by atoms with van der Waals surface area (Å²) in [5.41, 5.74) is 2.02. The molecule has 1 atom stereocenters. The fourth-order valence-electron chi connectivity index (χ4n) is 3.11. The molecule has 1 fully saturated rings. The number of anilines is 1. The number of benzene rings is 1. The number of aryl methyl sites for hydroxylation is 1. The van der Waals surface area contributed by atoms with E-state index in [9.17, 15) is 4.79 Å². The number of amides is 1. The van der Waals surface area contributed by atoms with Crippen LogP contribution in [-0.2, 0) is 16.0 Å². The lowest BCUT2D eigenvalue weighted by molar-refractivity contribution is -0.116. The van der Waals surface area contributed by atoms with Crippen molar-refractivity contribution in [2.45, 2.75) is 38.7 Å². The van der Waals surface area contributed by atoms with Crippen molar-refractivity contribution < 1.29 is 14.3 Å². The minimum absolute atomic E-state index is 0. The molecule has 2 aliphatic heterocycles. The van der Waals surface area contributed by atoms with E-state index in [1.54, 1.807) is 0 Å². The summed E-state index contributed by atoms with van der Waals surface area (Å²) in [7, 11) is 0. The zero-order valence-electron chi connectivity index (χ0n) is 15.8. The number of carbonyl (C=O) groups excluding carboxylic acids is 1. The fraction of sp³-hybridized carbons (Fsp3) is 0.579. The molecular formula is C19H29IN4O3. The first kappa shape index (κ1) is 21.7. The van der Waals surface area contributed by atoms with Crippen LogP contribution in [0, 0.1) is 0 Å². The van der Waals surface area contributed by atoms with Crippen molar-refractivity contribution in [2.75, 3.05) is 38.2 Å². The van der Waals surface area contributed by atoms with Crippen LogP contribution in [-0.4, -0.2) is 50.8 Å². The Bertz CT molecular complexity index is 648. The van der Waals surface area contributed by atoms with Crippen LogP contribution in [0.5, 0.6) is 5.75 Å². The summed E-state index contributed by atoms with van der Waals surface area (Å²) < 4.78 is 11.4. The molecule has 0 spiro atoms. The van der Waals surface area contributed by atoms with E-state index >= 15 is 0 Å². The molecule has 0 saturated carbocycles. The van der Waals surface area contributed by atoms with E-state index in [2.05, 4.69) is 20.9 Å². The molecule has 3 N–H and O–H groups in total. The quantitative estimate of drug-likeness (QED) is 0.238. The van der Waals surface area contributed by atoms with Crippen molar-refractivity contribution in [1.82, 2.24) is 10.6 Å². The van der Waals surface area contributed by atoms with Crippen molar-refractivity contribution in [1.29, 1.82) is 0 Å². The number of halogens is 1. The molecule has 1 amide bonds. The van der Waals surface area contributed by atoms with E-state index in [4.69, 9.17) is 9.47 Å². The Morgan fingerprint density at radius 3 is 3.04 bits per heavy atom. The van der Waals surface area contributed by atoms with Gasteiger partial charge >= 0.3 is 0 Å². The summed E-state index contributed by atoms with van der Waals surface area (Å²) in [4.78, 5) is 16.0. The molecule has 1 aromatic rings. The molecule has 7 nitrogen and oxygen atoms in total. The average molecular weight is 488 g/mol. The third-order valence-electron chi connectivity index (χ3n) is 4.46. The van der Waals surface area contributed by atoms with E-state index in [-0.39, 0.29) is 36.0 Å². The standard InChI is InChI=1S/C19H28N4O3.HI/c1-2-20-19(22-13-16-4-3-10-25-16)21-9-11-26-15-6-7-17-14(12-15)5-8-18(24)23-17;/h6-7,12,16H,2-5,8-11,13H2,1H3,(H,23,24)(H2,20,21,22);1H. The fourth-order valence-corrected chi connectivity index (χ4v) is 3.11. The number of guanidine groups is 1. The predicted octanol–water partition coefficient (Wildman–Crippen LogP) is 2.30. The van der Waals surface area contributed by atoms with Crippen LogP contribution in [0.1, 0.15) is 31.7 Å². The van der Waals surface area contributed by atoms with Gasteiger partial charge in [-0.1, -0.05) is 0 Å². The zero-order valence-corrected chi connectivity index (χ0v) is 18.1. The van der Waals surface area contributed by atoms with Gasteiger partial charge in [0.25, 0.3) is 0 Å². The highest BCUT2D eigenvalue weighted by Gasteiger charge is 2.16. The van der Waals surface area contributed by atoms with Gasteiger partial charge in [-0.25, -0.2) is 0 Å². The summed E-state index contributed by atoms with van der Waals surface area (Å²) in [6.45, 7) is 5.59. The summed E-state index contributed by atoms with van der Waals surface area (Å²) >= 11 is 0. The number of carbonyl (C=O) groups is 1. The number of nitrogens with zero attached hydrogens (tertiary/aromatic N) is 1. The number of fused-ring (bicyclic) bond motifs is 1. The largest absolute Gasteiger partial charge is 0.492 e. The van der Waals surface area contributed by atoms with Crippen LogP contribution in [0.15, 0.2) is 23.2 Å². The molecular weight excluding hydrogens is 459 g/mol. The molecule has 0 bridgehead atoms. The molecule has 1 unspecified atom stereocenters. The molecule has 27 heavy (non-hydrogen) atoms. The number of ether oxygens (including phenoxy) is 2. The van der Waals surface area contributed by atoms with E-state index in [1.807, 2.05) is 25.1 Å². The lowest BCUT2D eigenvalue weighted by Crippen LogP contribution is -2.39. The summed E-state index contributed by atoms with van der Waals surface area (Å²) in [6.07, 6.45) is 3.76. The predicted molar refractivity (Wildman–Crippen MR) is 117 cm³/mol. The molecule has 2 aliphatic rings. The number of nitrogens with one attached hydrogen (secondary N) is 3. The van der Waals surface area contributed by atoms with Gasteiger partial charge < -0.3 is 25.4 Å². The lowest BCUT2D eigenvalue weighted by Gasteiger charge is -2.18. The Morgan fingerprint density at radius 1 is 1.37 bits per heavy atom. The Morgan fingerprint density at radius 2 is 2.26 bits per heavy atom. The molecule has 0 radical (unpaired) electrons. The lowest BCUT2D eigenvalue weighted by atomic mass is 10.0. The number of aliphatic imine (C=N–C) groups is 1. The van der Waals surface area contributed by atoms with Crippen LogP contribution < -0.4 is 20.7 Å². The monoisotopic (exact) mass is 488 g/mol. The van der Waals surface area contributed by atoms with Crippen molar-refractivity contribution in [3.63, 3.8) is 0 Å². The number of hydrogen-bond acceptors (Lipinski definition) is 4. The maximum atomic E-state index is 11.4. The van der Waals surface area contributed by atoms with Crippen LogP contribution >= 0.6 is 24.0 Å². The molecule has 8 heteroatoms. The van der Waals surface area contributed by atoms with E-state index < -0.39 is 0 Å². The van der Waals surface area contributed by atoms with E-state index in [0.717, 1.165) is 55.4 Å². The first-order valence-corrected chi connectivity index (χ1v) is 9.44. The summed E-state index contributed by atoms with van der Waals surface area (Å²) in [5, 5.41) is 9.40. The Balaban J connectivity index is 0.00000261. The Kier molecular flexibility index (Phi) is 9.12. The average Bonchev–Trinajstić information content (AvgIpc) is 3.16. The van der Waals surface area contributed by atoms with Crippen LogP contribution in [0.4, 0.5) is 5.69 Å². The molecule has 0 aliphatic carbocycles. The van der Waals surface area contributed by atoms with Gasteiger partial charge in [-0.15, -0.1) is 24.0 Å². The third kappa shape index (κ3) is 6.84.